The van der Waals surface area contributed by atoms with Crippen LogP contribution in [0, 0.1) is 0 Å². The second-order valence-corrected chi connectivity index (χ2v) is 7.47. The molecular weight excluding hydrogens is 350 g/mol. The Hall–Kier alpha value is -2.69. The molecule has 0 spiro atoms. The fourth-order valence-electron chi connectivity index (χ4n) is 3.81. The number of likely N-dealkylation sites (tertiary alicyclic amines) is 1. The van der Waals surface area contributed by atoms with Gasteiger partial charge in [0.1, 0.15) is 0 Å². The summed E-state index contributed by atoms with van der Waals surface area (Å²) in [5, 5.41) is 0. The number of rotatable bonds is 6. The van der Waals surface area contributed by atoms with Gasteiger partial charge in [-0.1, -0.05) is 13.0 Å². The normalized spacial score (nSPS) is 16.6. The number of amides is 2. The molecule has 1 unspecified atom stereocenters. The second kappa shape index (κ2) is 9.49. The van der Waals surface area contributed by atoms with Crippen molar-refractivity contribution in [3.8, 4) is 0 Å². The number of carbonyl (C=O) groups is 2. The summed E-state index contributed by atoms with van der Waals surface area (Å²) < 4.78 is 0. The van der Waals surface area contributed by atoms with Crippen LogP contribution < -0.4 is 0 Å². The van der Waals surface area contributed by atoms with Gasteiger partial charge in [-0.2, -0.15) is 0 Å². The van der Waals surface area contributed by atoms with E-state index in [2.05, 4.69) is 11.9 Å². The average molecular weight is 380 g/mol. The summed E-state index contributed by atoms with van der Waals surface area (Å²) in [6, 6.07) is 11.4. The highest BCUT2D eigenvalue weighted by molar-refractivity contribution is 5.99. The van der Waals surface area contributed by atoms with E-state index >= 15 is 0 Å². The number of hydrogen-bond acceptors (Lipinski definition) is 3. The summed E-state index contributed by atoms with van der Waals surface area (Å²) in [6.07, 6.45) is 8.57. The fraction of sp³-hybridized carbons (Fsp3) is 0.435. The monoisotopic (exact) mass is 379 g/mol. The Balaban J connectivity index is 1.67. The van der Waals surface area contributed by atoms with Gasteiger partial charge >= 0.3 is 0 Å². The van der Waals surface area contributed by atoms with Gasteiger partial charge in [0, 0.05) is 49.7 Å². The van der Waals surface area contributed by atoms with E-state index in [1.807, 2.05) is 29.2 Å². The van der Waals surface area contributed by atoms with Gasteiger partial charge < -0.3 is 9.80 Å². The standard InChI is InChI=1S/C23H29N3O2/c1-3-21-9-4-5-15-26(21)23(28)20-8-6-7-19(17-20)22(27)25(2)16-12-18-10-13-24-14-11-18/h6-8,10-11,13-14,17,21H,3-5,9,12,15-16H2,1-2H3. The Labute approximate surface area is 167 Å². The molecule has 0 saturated carbocycles. The summed E-state index contributed by atoms with van der Waals surface area (Å²) in [4.78, 5) is 33.6. The van der Waals surface area contributed by atoms with Gasteiger partial charge in [0.05, 0.1) is 0 Å². The number of benzene rings is 1. The molecule has 2 heterocycles. The highest BCUT2D eigenvalue weighted by Crippen LogP contribution is 2.22. The maximum absolute atomic E-state index is 13.0. The maximum Gasteiger partial charge on any atom is 0.254 e. The highest BCUT2D eigenvalue weighted by atomic mass is 16.2. The van der Waals surface area contributed by atoms with E-state index in [1.54, 1.807) is 36.5 Å². The predicted octanol–water partition coefficient (Wildman–Crippen LogP) is 3.80. The zero-order valence-electron chi connectivity index (χ0n) is 16.8. The molecule has 28 heavy (non-hydrogen) atoms. The zero-order chi connectivity index (χ0) is 19.9. The van der Waals surface area contributed by atoms with Crippen LogP contribution in [-0.2, 0) is 6.42 Å². The SMILES string of the molecule is CCC1CCCCN1C(=O)c1cccc(C(=O)N(C)CCc2ccncc2)c1. The van der Waals surface area contributed by atoms with Gasteiger partial charge in [0.25, 0.3) is 11.8 Å². The predicted molar refractivity (Wildman–Crippen MR) is 110 cm³/mol. The molecule has 2 amide bonds. The van der Waals surface area contributed by atoms with Gasteiger partial charge in [-0.3, -0.25) is 14.6 Å². The van der Waals surface area contributed by atoms with Crippen LogP contribution in [0.2, 0.25) is 0 Å². The van der Waals surface area contributed by atoms with Crippen molar-refractivity contribution in [3.05, 3.63) is 65.5 Å². The maximum atomic E-state index is 13.0. The molecule has 1 fully saturated rings. The molecule has 2 aromatic rings. The molecule has 1 saturated heterocycles. The van der Waals surface area contributed by atoms with Crippen molar-refractivity contribution in [1.82, 2.24) is 14.8 Å². The van der Waals surface area contributed by atoms with Gasteiger partial charge in [0.2, 0.25) is 0 Å². The van der Waals surface area contributed by atoms with Gasteiger partial charge in [-0.25, -0.2) is 0 Å². The van der Waals surface area contributed by atoms with Crippen LogP contribution in [0.3, 0.4) is 0 Å². The molecule has 0 bridgehead atoms. The quantitative estimate of drug-likeness (QED) is 0.767. The lowest BCUT2D eigenvalue weighted by Crippen LogP contribution is -2.43. The Morgan fingerprint density at radius 3 is 2.64 bits per heavy atom. The first kappa shape index (κ1) is 20.1. The molecule has 5 nitrogen and oxygen atoms in total. The van der Waals surface area contributed by atoms with E-state index < -0.39 is 0 Å². The molecule has 0 N–H and O–H groups in total. The second-order valence-electron chi connectivity index (χ2n) is 7.47. The molecule has 0 aliphatic carbocycles. The first-order valence-corrected chi connectivity index (χ1v) is 10.2. The number of nitrogens with zero attached hydrogens (tertiary/aromatic N) is 3. The largest absolute Gasteiger partial charge is 0.341 e. The summed E-state index contributed by atoms with van der Waals surface area (Å²) in [7, 11) is 1.80. The number of hydrogen-bond donors (Lipinski definition) is 0. The van der Waals surface area contributed by atoms with E-state index in [1.165, 1.54) is 6.42 Å². The van der Waals surface area contributed by atoms with Crippen LogP contribution in [0.15, 0.2) is 48.8 Å². The third kappa shape index (κ3) is 4.77. The topological polar surface area (TPSA) is 53.5 Å². The Bertz CT molecular complexity index is 807. The van der Waals surface area contributed by atoms with Crippen LogP contribution in [0.25, 0.3) is 0 Å². The van der Waals surface area contributed by atoms with Crippen molar-refractivity contribution in [1.29, 1.82) is 0 Å². The zero-order valence-corrected chi connectivity index (χ0v) is 16.8. The first-order chi connectivity index (χ1) is 13.6. The molecule has 3 rings (SSSR count). The van der Waals surface area contributed by atoms with E-state index in [-0.39, 0.29) is 11.8 Å². The van der Waals surface area contributed by atoms with Crippen molar-refractivity contribution < 1.29 is 9.59 Å². The Kier molecular flexibility index (Phi) is 6.80. The van der Waals surface area contributed by atoms with Crippen molar-refractivity contribution in [2.24, 2.45) is 0 Å². The van der Waals surface area contributed by atoms with Crippen molar-refractivity contribution in [3.63, 3.8) is 0 Å². The number of aromatic nitrogens is 1. The van der Waals surface area contributed by atoms with E-state index in [0.29, 0.717) is 23.7 Å². The molecular formula is C23H29N3O2. The number of piperidine rings is 1. The van der Waals surface area contributed by atoms with Crippen LogP contribution in [-0.4, -0.2) is 52.8 Å². The molecule has 148 valence electrons. The van der Waals surface area contributed by atoms with Crippen molar-refractivity contribution in [2.45, 2.75) is 45.1 Å². The molecule has 1 aliphatic rings. The fourth-order valence-corrected chi connectivity index (χ4v) is 3.81. The Morgan fingerprint density at radius 2 is 1.89 bits per heavy atom. The van der Waals surface area contributed by atoms with E-state index in [0.717, 1.165) is 37.8 Å². The lowest BCUT2D eigenvalue weighted by molar-refractivity contribution is 0.0608. The third-order valence-corrected chi connectivity index (χ3v) is 5.55. The minimum Gasteiger partial charge on any atom is -0.341 e. The van der Waals surface area contributed by atoms with E-state index in [4.69, 9.17) is 0 Å². The van der Waals surface area contributed by atoms with Crippen LogP contribution >= 0.6 is 0 Å². The average Bonchev–Trinajstić information content (AvgIpc) is 2.77. The number of pyridine rings is 1. The highest BCUT2D eigenvalue weighted by Gasteiger charge is 2.26. The number of likely N-dealkylation sites (N-methyl/N-ethyl adjacent to an activating group) is 1. The smallest absolute Gasteiger partial charge is 0.254 e. The van der Waals surface area contributed by atoms with Crippen LogP contribution in [0.4, 0.5) is 0 Å². The van der Waals surface area contributed by atoms with Crippen LogP contribution in [0.1, 0.15) is 58.9 Å². The summed E-state index contributed by atoms with van der Waals surface area (Å²) in [5.74, 6) is -0.0185. The molecule has 0 radical (unpaired) electrons. The molecule has 1 aromatic heterocycles. The Morgan fingerprint density at radius 1 is 1.14 bits per heavy atom. The summed E-state index contributed by atoms with van der Waals surface area (Å²) in [5.41, 5.74) is 2.32. The van der Waals surface area contributed by atoms with E-state index in [9.17, 15) is 9.59 Å². The van der Waals surface area contributed by atoms with Crippen molar-refractivity contribution in [2.75, 3.05) is 20.1 Å². The minimum atomic E-state index is -0.0607. The number of carbonyl (C=O) groups excluding carboxylic acids is 2. The summed E-state index contributed by atoms with van der Waals surface area (Å²) >= 11 is 0. The lowest BCUT2D eigenvalue weighted by atomic mass is 9.98. The van der Waals surface area contributed by atoms with Gasteiger partial charge in [-0.05, 0) is 68.0 Å². The van der Waals surface area contributed by atoms with Crippen LogP contribution in [0.5, 0.6) is 0 Å². The minimum absolute atomic E-state index is 0.0423. The van der Waals surface area contributed by atoms with Gasteiger partial charge in [-0.15, -0.1) is 0 Å². The molecule has 1 atom stereocenters. The van der Waals surface area contributed by atoms with Crippen molar-refractivity contribution >= 4 is 11.8 Å². The first-order valence-electron chi connectivity index (χ1n) is 10.2. The lowest BCUT2D eigenvalue weighted by Gasteiger charge is -2.35. The molecule has 1 aromatic carbocycles. The van der Waals surface area contributed by atoms with Gasteiger partial charge in [0.15, 0.2) is 0 Å². The molecule has 5 heteroatoms. The summed E-state index contributed by atoms with van der Waals surface area (Å²) in [6.45, 7) is 3.56. The molecule has 1 aliphatic heterocycles. The third-order valence-electron chi connectivity index (χ3n) is 5.55.